The Morgan fingerprint density at radius 2 is 2.16 bits per heavy atom. The first-order valence-electron chi connectivity index (χ1n) is 7.57. The maximum Gasteiger partial charge on any atom is 0.336 e. The Kier molecular flexibility index (Phi) is 6.34. The van der Waals surface area contributed by atoms with Gasteiger partial charge >= 0.3 is 5.97 Å². The zero-order valence-corrected chi connectivity index (χ0v) is 15.7. The van der Waals surface area contributed by atoms with Gasteiger partial charge in [-0.1, -0.05) is 22.0 Å². The highest BCUT2D eigenvalue weighted by Gasteiger charge is 2.36. The largest absolute Gasteiger partial charge is 0.466 e. The number of allylic oxidation sites excluding steroid dienone is 2. The molecule has 0 bridgehead atoms. The number of dihydropyridines is 1. The van der Waals surface area contributed by atoms with E-state index in [0.29, 0.717) is 45.6 Å². The minimum absolute atomic E-state index is 0.328. The van der Waals surface area contributed by atoms with E-state index in [4.69, 9.17) is 9.47 Å². The van der Waals surface area contributed by atoms with E-state index >= 15 is 0 Å². The number of rotatable bonds is 5. The van der Waals surface area contributed by atoms with Gasteiger partial charge in [-0.2, -0.15) is 5.26 Å². The van der Waals surface area contributed by atoms with Gasteiger partial charge in [0.1, 0.15) is 5.82 Å². The number of carbonyl (C=O) groups is 1. The molecule has 1 N–H and O–H groups in total. The minimum atomic E-state index is -0.652. The fourth-order valence-electron chi connectivity index (χ4n) is 2.84. The van der Waals surface area contributed by atoms with Crippen molar-refractivity contribution in [2.45, 2.75) is 19.3 Å². The van der Waals surface area contributed by atoms with Crippen molar-refractivity contribution in [3.63, 3.8) is 0 Å². The van der Waals surface area contributed by atoms with Crippen molar-refractivity contribution >= 4 is 21.9 Å². The molecule has 5 nitrogen and oxygen atoms in total. The van der Waals surface area contributed by atoms with Gasteiger partial charge in [-0.05, 0) is 24.6 Å². The summed E-state index contributed by atoms with van der Waals surface area (Å²) < 4.78 is 24.0. The lowest BCUT2D eigenvalue weighted by Gasteiger charge is -2.30. The number of methoxy groups -OCH3 is 2. The third kappa shape index (κ3) is 3.91. The van der Waals surface area contributed by atoms with Gasteiger partial charge in [-0.25, -0.2) is 9.18 Å². The van der Waals surface area contributed by atoms with Crippen LogP contribution in [0.25, 0.3) is 0 Å². The highest BCUT2D eigenvalue weighted by molar-refractivity contribution is 9.10. The Bertz CT molecular complexity index is 796. The molecule has 1 aromatic carbocycles. The molecule has 0 aliphatic carbocycles. The Morgan fingerprint density at radius 3 is 2.72 bits per heavy atom. The first-order valence-corrected chi connectivity index (χ1v) is 8.37. The van der Waals surface area contributed by atoms with Crippen LogP contribution in [0.15, 0.2) is 45.2 Å². The van der Waals surface area contributed by atoms with Gasteiger partial charge in [-0.15, -0.1) is 0 Å². The molecular formula is C18H18BrFN2O3. The van der Waals surface area contributed by atoms with Crippen LogP contribution in [0.4, 0.5) is 4.39 Å². The summed E-state index contributed by atoms with van der Waals surface area (Å²) in [5.74, 6) is -1.60. The van der Waals surface area contributed by atoms with E-state index in [0.717, 1.165) is 0 Å². The van der Waals surface area contributed by atoms with E-state index in [1.807, 2.05) is 0 Å². The van der Waals surface area contributed by atoms with Crippen molar-refractivity contribution in [1.82, 2.24) is 5.32 Å². The molecule has 132 valence electrons. The lowest BCUT2D eigenvalue weighted by molar-refractivity contribution is -0.136. The van der Waals surface area contributed by atoms with Crippen LogP contribution in [0.5, 0.6) is 0 Å². The van der Waals surface area contributed by atoms with Crippen molar-refractivity contribution in [2.24, 2.45) is 0 Å². The zero-order valence-electron chi connectivity index (χ0n) is 14.2. The van der Waals surface area contributed by atoms with Crippen LogP contribution in [0, 0.1) is 17.1 Å². The second kappa shape index (κ2) is 8.28. The first-order chi connectivity index (χ1) is 11.9. The lowest BCUT2D eigenvalue weighted by Crippen LogP contribution is -2.30. The summed E-state index contributed by atoms with van der Waals surface area (Å²) in [4.78, 5) is 12.5. The predicted molar refractivity (Wildman–Crippen MR) is 93.8 cm³/mol. The maximum absolute atomic E-state index is 13.5. The number of carbonyl (C=O) groups excluding carboxylic acids is 1. The minimum Gasteiger partial charge on any atom is -0.466 e. The standard InChI is InChI=1S/C18H18BrFN2O3/c1-10-13(9-21)16(12-5-4-11(20)8-14(12)19)17(18(23)25-3)15(22-10)6-7-24-2/h4-5,8,16,22H,6-7H2,1-3H3. The number of hydrogen-bond acceptors (Lipinski definition) is 5. The summed E-state index contributed by atoms with van der Waals surface area (Å²) in [5.41, 5.74) is 2.60. The normalized spacial score (nSPS) is 17.2. The van der Waals surface area contributed by atoms with Gasteiger partial charge in [0.05, 0.1) is 36.9 Å². The number of esters is 1. The Balaban J connectivity index is 2.69. The molecule has 7 heteroatoms. The van der Waals surface area contributed by atoms with Crippen LogP contribution in [0.2, 0.25) is 0 Å². The van der Waals surface area contributed by atoms with Crippen molar-refractivity contribution in [3.8, 4) is 6.07 Å². The zero-order chi connectivity index (χ0) is 18.6. The first kappa shape index (κ1) is 19.2. The third-order valence-electron chi connectivity index (χ3n) is 4.00. The monoisotopic (exact) mass is 408 g/mol. The number of halogens is 2. The van der Waals surface area contributed by atoms with Crippen molar-refractivity contribution in [1.29, 1.82) is 5.26 Å². The van der Waals surface area contributed by atoms with Crippen molar-refractivity contribution in [3.05, 3.63) is 56.6 Å². The number of nitrogens with zero attached hydrogens (tertiary/aromatic N) is 1. The smallest absolute Gasteiger partial charge is 0.336 e. The van der Waals surface area contributed by atoms with Gasteiger partial charge < -0.3 is 14.8 Å². The summed E-state index contributed by atoms with van der Waals surface area (Å²) in [6, 6.07) is 6.34. The summed E-state index contributed by atoms with van der Waals surface area (Å²) >= 11 is 3.34. The molecular weight excluding hydrogens is 391 g/mol. The maximum atomic E-state index is 13.5. The molecule has 0 spiro atoms. The Hall–Kier alpha value is -2.17. The van der Waals surface area contributed by atoms with Crippen LogP contribution < -0.4 is 5.32 Å². The molecule has 1 aromatic rings. The highest BCUT2D eigenvalue weighted by Crippen LogP contribution is 2.41. The molecule has 1 heterocycles. The van der Waals surface area contributed by atoms with E-state index in [9.17, 15) is 14.4 Å². The van der Waals surface area contributed by atoms with Gasteiger partial charge in [0.25, 0.3) is 0 Å². The van der Waals surface area contributed by atoms with E-state index < -0.39 is 17.7 Å². The number of benzene rings is 1. The van der Waals surface area contributed by atoms with Gasteiger partial charge in [0.2, 0.25) is 0 Å². The Morgan fingerprint density at radius 1 is 1.44 bits per heavy atom. The summed E-state index contributed by atoms with van der Waals surface area (Å²) in [5, 5.41) is 12.8. The number of hydrogen-bond donors (Lipinski definition) is 1. The Labute approximate surface area is 154 Å². The van der Waals surface area contributed by atoms with Crippen LogP contribution in [-0.4, -0.2) is 26.8 Å². The van der Waals surface area contributed by atoms with Crippen molar-refractivity contribution in [2.75, 3.05) is 20.8 Å². The van der Waals surface area contributed by atoms with Crippen LogP contribution in [-0.2, 0) is 14.3 Å². The van der Waals surface area contributed by atoms with Gasteiger partial charge in [0, 0.05) is 29.4 Å². The third-order valence-corrected chi connectivity index (χ3v) is 4.69. The van der Waals surface area contributed by atoms with Gasteiger partial charge in [0.15, 0.2) is 0 Å². The lowest BCUT2D eigenvalue weighted by atomic mass is 9.80. The topological polar surface area (TPSA) is 71.3 Å². The molecule has 0 amide bonds. The van der Waals surface area contributed by atoms with Gasteiger partial charge in [-0.3, -0.25) is 0 Å². The van der Waals surface area contributed by atoms with E-state index in [-0.39, 0.29) is 0 Å². The summed E-state index contributed by atoms with van der Waals surface area (Å²) in [6.07, 6.45) is 0.451. The van der Waals surface area contributed by atoms with Crippen LogP contribution in [0.1, 0.15) is 24.8 Å². The highest BCUT2D eigenvalue weighted by atomic mass is 79.9. The average molecular weight is 409 g/mol. The number of nitrogens with one attached hydrogen (secondary N) is 1. The molecule has 1 aliphatic heterocycles. The SMILES string of the molecule is COCCC1=C(C(=O)OC)C(c2ccc(F)cc2Br)C(C#N)=C(C)N1. The molecule has 0 saturated carbocycles. The fourth-order valence-corrected chi connectivity index (χ4v) is 3.42. The molecule has 2 rings (SSSR count). The number of nitriles is 1. The molecule has 0 fully saturated rings. The molecule has 25 heavy (non-hydrogen) atoms. The fraction of sp³-hybridized carbons (Fsp3) is 0.333. The predicted octanol–water partition coefficient (Wildman–Crippen LogP) is 3.54. The molecule has 1 atom stereocenters. The van der Waals surface area contributed by atoms with Crippen LogP contribution >= 0.6 is 15.9 Å². The molecule has 0 aromatic heterocycles. The molecule has 0 radical (unpaired) electrons. The van der Waals surface area contributed by atoms with E-state index in [2.05, 4.69) is 27.3 Å². The second-order valence-electron chi connectivity index (χ2n) is 5.50. The number of ether oxygens (including phenoxy) is 2. The molecule has 1 aliphatic rings. The van der Waals surface area contributed by atoms with Crippen LogP contribution in [0.3, 0.4) is 0 Å². The summed E-state index contributed by atoms with van der Waals surface area (Å²) in [7, 11) is 2.86. The summed E-state index contributed by atoms with van der Waals surface area (Å²) in [6.45, 7) is 2.17. The molecule has 0 saturated heterocycles. The quantitative estimate of drug-likeness (QED) is 0.754. The van der Waals surface area contributed by atoms with E-state index in [1.54, 1.807) is 20.1 Å². The molecule has 1 unspecified atom stereocenters. The van der Waals surface area contributed by atoms with E-state index in [1.165, 1.54) is 19.2 Å². The average Bonchev–Trinajstić information content (AvgIpc) is 2.58. The van der Waals surface area contributed by atoms with Crippen molar-refractivity contribution < 1.29 is 18.7 Å². The second-order valence-corrected chi connectivity index (χ2v) is 6.36.